The molecule has 142 valence electrons. The van der Waals surface area contributed by atoms with Crippen molar-refractivity contribution in [2.75, 3.05) is 0 Å². The van der Waals surface area contributed by atoms with Gasteiger partial charge in [0, 0.05) is 5.41 Å². The molecule has 26 heavy (non-hydrogen) atoms. The molecule has 0 aromatic heterocycles. The molecule has 0 fully saturated rings. The number of hydrogen-bond acceptors (Lipinski definition) is 0. The second-order valence-electron chi connectivity index (χ2n) is 10.3. The van der Waals surface area contributed by atoms with Crippen LogP contribution in [0.15, 0.2) is 36.4 Å². The highest BCUT2D eigenvalue weighted by atomic mass is 14.4. The fraction of sp³-hybridized carbons (Fsp3) is 0.538. The van der Waals surface area contributed by atoms with E-state index in [1.165, 1.54) is 33.4 Å². The Bertz CT molecular complexity index is 715. The molecule has 0 radical (unpaired) electrons. The van der Waals surface area contributed by atoms with E-state index in [2.05, 4.69) is 106 Å². The Labute approximate surface area is 162 Å². The zero-order valence-electron chi connectivity index (χ0n) is 18.7. The van der Waals surface area contributed by atoms with Crippen LogP contribution < -0.4 is 0 Å². The van der Waals surface area contributed by atoms with Crippen LogP contribution in [0.5, 0.6) is 0 Å². The monoisotopic (exact) mass is 350 g/mol. The minimum atomic E-state index is 0.00324. The van der Waals surface area contributed by atoms with Crippen LogP contribution in [-0.2, 0) is 16.2 Å². The molecule has 0 atom stereocenters. The third-order valence-electron chi connectivity index (χ3n) is 5.86. The lowest BCUT2D eigenvalue weighted by Crippen LogP contribution is -2.31. The first kappa shape index (κ1) is 20.7. The summed E-state index contributed by atoms with van der Waals surface area (Å²) < 4.78 is 0. The first-order valence-electron chi connectivity index (χ1n) is 10.0. The summed E-state index contributed by atoms with van der Waals surface area (Å²) in [5.41, 5.74) is 8.87. The smallest absolute Gasteiger partial charge is 0.0178 e. The Balaban J connectivity index is 2.88. The molecule has 0 aliphatic rings. The van der Waals surface area contributed by atoms with Crippen LogP contribution in [0.3, 0.4) is 0 Å². The summed E-state index contributed by atoms with van der Waals surface area (Å²) in [4.78, 5) is 0. The van der Waals surface area contributed by atoms with Crippen LogP contribution >= 0.6 is 0 Å². The first-order valence-corrected chi connectivity index (χ1v) is 10.0. The van der Waals surface area contributed by atoms with Crippen molar-refractivity contribution in [2.45, 2.75) is 91.9 Å². The second kappa shape index (κ2) is 6.87. The lowest BCUT2D eigenvalue weighted by atomic mass is 9.65. The van der Waals surface area contributed by atoms with E-state index in [0.29, 0.717) is 0 Å². The average Bonchev–Trinajstić information content (AvgIpc) is 2.51. The Morgan fingerprint density at radius 3 is 1.19 bits per heavy atom. The molecule has 2 aromatic rings. The van der Waals surface area contributed by atoms with Crippen molar-refractivity contribution in [1.29, 1.82) is 0 Å². The van der Waals surface area contributed by atoms with Gasteiger partial charge in [-0.15, -0.1) is 0 Å². The lowest BCUT2D eigenvalue weighted by Gasteiger charge is -2.39. The summed E-state index contributed by atoms with van der Waals surface area (Å²) in [6, 6.07) is 14.1. The van der Waals surface area contributed by atoms with Crippen molar-refractivity contribution in [1.82, 2.24) is 0 Å². The number of aryl methyl sites for hydroxylation is 2. The molecular formula is C26H38. The summed E-state index contributed by atoms with van der Waals surface area (Å²) >= 11 is 0. The van der Waals surface area contributed by atoms with E-state index >= 15 is 0 Å². The zero-order chi connectivity index (χ0) is 19.9. The lowest BCUT2D eigenvalue weighted by molar-refractivity contribution is 0.489. The summed E-state index contributed by atoms with van der Waals surface area (Å²) in [6.07, 6.45) is 1.09. The molecular weight excluding hydrogens is 312 g/mol. The molecule has 2 rings (SSSR count). The van der Waals surface area contributed by atoms with Crippen LogP contribution in [0.4, 0.5) is 0 Å². The molecule has 0 aliphatic carbocycles. The predicted molar refractivity (Wildman–Crippen MR) is 117 cm³/mol. The zero-order valence-corrected chi connectivity index (χ0v) is 18.7. The van der Waals surface area contributed by atoms with E-state index in [1.807, 2.05) is 0 Å². The Hall–Kier alpha value is -1.56. The van der Waals surface area contributed by atoms with Gasteiger partial charge in [-0.05, 0) is 53.4 Å². The summed E-state index contributed by atoms with van der Waals surface area (Å²) in [6.45, 7) is 23.2. The topological polar surface area (TPSA) is 0 Å². The normalized spacial score (nSPS) is 13.2. The van der Waals surface area contributed by atoms with Gasteiger partial charge in [0.2, 0.25) is 0 Å². The Morgan fingerprint density at radius 1 is 0.577 bits per heavy atom. The van der Waals surface area contributed by atoms with Gasteiger partial charge < -0.3 is 0 Å². The van der Waals surface area contributed by atoms with Gasteiger partial charge >= 0.3 is 0 Å². The minimum absolute atomic E-state index is 0.00324. The van der Waals surface area contributed by atoms with E-state index in [4.69, 9.17) is 0 Å². The van der Waals surface area contributed by atoms with Crippen LogP contribution in [0, 0.1) is 13.8 Å². The van der Waals surface area contributed by atoms with Gasteiger partial charge in [0.05, 0.1) is 0 Å². The Kier molecular flexibility index (Phi) is 5.48. The van der Waals surface area contributed by atoms with E-state index in [1.54, 1.807) is 0 Å². The molecule has 0 saturated heterocycles. The fourth-order valence-electron chi connectivity index (χ4n) is 4.06. The van der Waals surface area contributed by atoms with Crippen molar-refractivity contribution in [3.63, 3.8) is 0 Å². The van der Waals surface area contributed by atoms with Crippen LogP contribution in [0.2, 0.25) is 0 Å². The van der Waals surface area contributed by atoms with Crippen molar-refractivity contribution in [3.8, 4) is 0 Å². The van der Waals surface area contributed by atoms with Crippen LogP contribution in [0.1, 0.15) is 95.2 Å². The van der Waals surface area contributed by atoms with Gasteiger partial charge in [-0.2, -0.15) is 0 Å². The SMILES string of the molecule is CCC(C)(c1cc(C)ccc1C(C)(C)C)c1cc(C)ccc1C(C)(C)C. The quantitative estimate of drug-likeness (QED) is 0.534. The van der Waals surface area contributed by atoms with E-state index in [0.717, 1.165) is 6.42 Å². The molecule has 0 amide bonds. The van der Waals surface area contributed by atoms with Gasteiger partial charge in [0.15, 0.2) is 0 Å². The second-order valence-corrected chi connectivity index (χ2v) is 10.3. The minimum Gasteiger partial charge on any atom is -0.0642 e. The van der Waals surface area contributed by atoms with E-state index in [9.17, 15) is 0 Å². The van der Waals surface area contributed by atoms with Gasteiger partial charge in [0.1, 0.15) is 0 Å². The van der Waals surface area contributed by atoms with Crippen molar-refractivity contribution < 1.29 is 0 Å². The van der Waals surface area contributed by atoms with Crippen molar-refractivity contribution >= 4 is 0 Å². The third-order valence-corrected chi connectivity index (χ3v) is 5.86. The highest BCUT2D eigenvalue weighted by Crippen LogP contribution is 2.44. The molecule has 0 spiro atoms. The predicted octanol–water partition coefficient (Wildman–Crippen LogP) is 7.61. The number of benzene rings is 2. The molecule has 0 bridgehead atoms. The molecule has 0 unspecified atom stereocenters. The maximum atomic E-state index is 2.45. The summed E-state index contributed by atoms with van der Waals surface area (Å²) in [5, 5.41) is 0. The molecule has 2 aromatic carbocycles. The highest BCUT2D eigenvalue weighted by molar-refractivity contribution is 5.51. The number of rotatable bonds is 3. The van der Waals surface area contributed by atoms with E-state index < -0.39 is 0 Å². The third kappa shape index (κ3) is 3.90. The Morgan fingerprint density at radius 2 is 0.923 bits per heavy atom. The maximum Gasteiger partial charge on any atom is 0.0178 e. The van der Waals surface area contributed by atoms with Gasteiger partial charge in [-0.1, -0.05) is 103 Å². The average molecular weight is 351 g/mol. The largest absolute Gasteiger partial charge is 0.0642 e. The van der Waals surface area contributed by atoms with Crippen molar-refractivity contribution in [2.24, 2.45) is 0 Å². The molecule has 0 heteroatoms. The van der Waals surface area contributed by atoms with Crippen LogP contribution in [-0.4, -0.2) is 0 Å². The molecule has 0 nitrogen and oxygen atoms in total. The van der Waals surface area contributed by atoms with E-state index in [-0.39, 0.29) is 16.2 Å². The number of hydrogen-bond donors (Lipinski definition) is 0. The fourth-order valence-corrected chi connectivity index (χ4v) is 4.06. The van der Waals surface area contributed by atoms with Crippen LogP contribution in [0.25, 0.3) is 0 Å². The van der Waals surface area contributed by atoms with Gasteiger partial charge in [0.25, 0.3) is 0 Å². The first-order chi connectivity index (χ1) is 11.8. The maximum absolute atomic E-state index is 2.45. The molecule has 0 N–H and O–H groups in total. The summed E-state index contributed by atoms with van der Waals surface area (Å²) in [7, 11) is 0. The van der Waals surface area contributed by atoms with Gasteiger partial charge in [-0.3, -0.25) is 0 Å². The molecule has 0 aliphatic heterocycles. The molecule has 0 saturated carbocycles. The molecule has 0 heterocycles. The van der Waals surface area contributed by atoms with Crippen molar-refractivity contribution in [3.05, 3.63) is 69.8 Å². The van der Waals surface area contributed by atoms with Gasteiger partial charge in [-0.25, -0.2) is 0 Å². The highest BCUT2D eigenvalue weighted by Gasteiger charge is 2.36. The summed E-state index contributed by atoms with van der Waals surface area (Å²) in [5.74, 6) is 0. The standard InChI is InChI=1S/C26H38/c1-11-26(10,22-16-18(2)12-14-20(22)24(4,5)6)23-17-19(3)13-15-21(23)25(7,8)9/h12-17H,11H2,1-10H3.